The highest BCUT2D eigenvalue weighted by atomic mass is 79.9. The minimum Gasteiger partial charge on any atom is -0.478 e. The predicted octanol–water partition coefficient (Wildman–Crippen LogP) is 2.73. The lowest BCUT2D eigenvalue weighted by atomic mass is 10.2. The second kappa shape index (κ2) is 4.89. The summed E-state index contributed by atoms with van der Waals surface area (Å²) in [6.45, 7) is 1.79. The van der Waals surface area contributed by atoms with Crippen LogP contribution >= 0.6 is 27.7 Å². The zero-order chi connectivity index (χ0) is 12.4. The quantitative estimate of drug-likeness (QED) is 0.910. The van der Waals surface area contributed by atoms with E-state index >= 15 is 0 Å². The predicted molar refractivity (Wildman–Crippen MR) is 66.3 cm³/mol. The summed E-state index contributed by atoms with van der Waals surface area (Å²) in [4.78, 5) is 15.9. The van der Waals surface area contributed by atoms with Crippen molar-refractivity contribution in [2.45, 2.75) is 17.0 Å². The summed E-state index contributed by atoms with van der Waals surface area (Å²) in [6.07, 6.45) is 0. The molecule has 1 aromatic heterocycles. The lowest BCUT2D eigenvalue weighted by Crippen LogP contribution is -2.00. The van der Waals surface area contributed by atoms with Crippen LogP contribution in [0, 0.1) is 6.92 Å². The van der Waals surface area contributed by atoms with E-state index in [0.717, 1.165) is 0 Å². The van der Waals surface area contributed by atoms with Gasteiger partial charge in [-0.3, -0.25) is 5.10 Å². The molecule has 0 spiro atoms. The van der Waals surface area contributed by atoms with E-state index in [2.05, 4.69) is 31.1 Å². The maximum Gasteiger partial charge on any atom is 0.338 e. The van der Waals surface area contributed by atoms with E-state index in [4.69, 9.17) is 5.11 Å². The van der Waals surface area contributed by atoms with Gasteiger partial charge in [0.2, 0.25) is 5.16 Å². The number of aromatic carboxylic acids is 1. The normalized spacial score (nSPS) is 10.5. The van der Waals surface area contributed by atoms with Gasteiger partial charge in [-0.1, -0.05) is 6.07 Å². The monoisotopic (exact) mass is 313 g/mol. The molecule has 1 heterocycles. The van der Waals surface area contributed by atoms with Crippen molar-refractivity contribution in [1.82, 2.24) is 15.2 Å². The minimum absolute atomic E-state index is 0.222. The fraction of sp³-hybridized carbons (Fsp3) is 0.100. The molecule has 0 unspecified atom stereocenters. The highest BCUT2D eigenvalue weighted by Gasteiger charge is 2.16. The molecule has 0 aliphatic heterocycles. The molecule has 0 amide bonds. The van der Waals surface area contributed by atoms with Gasteiger partial charge in [0.15, 0.2) is 0 Å². The smallest absolute Gasteiger partial charge is 0.338 e. The van der Waals surface area contributed by atoms with Crippen LogP contribution in [0.2, 0.25) is 0 Å². The summed E-state index contributed by atoms with van der Waals surface area (Å²) in [7, 11) is 0. The van der Waals surface area contributed by atoms with E-state index in [-0.39, 0.29) is 5.56 Å². The molecule has 7 heteroatoms. The maximum atomic E-state index is 11.1. The molecule has 0 radical (unpaired) electrons. The Labute approximate surface area is 110 Å². The van der Waals surface area contributed by atoms with Crippen molar-refractivity contribution in [3.05, 3.63) is 34.1 Å². The van der Waals surface area contributed by atoms with Crippen molar-refractivity contribution < 1.29 is 9.90 Å². The molecule has 0 aliphatic rings. The Morgan fingerprint density at radius 3 is 2.88 bits per heavy atom. The van der Waals surface area contributed by atoms with Crippen LogP contribution in [0.25, 0.3) is 0 Å². The summed E-state index contributed by atoms with van der Waals surface area (Å²) in [5.41, 5.74) is 0.222. The standard InChI is InChI=1S/C10H8BrN3O2S/c1-5-12-10(14-13-5)17-7-4-2-3-6(11)8(7)9(15)16/h2-4H,1H3,(H,15,16)(H,12,13,14). The van der Waals surface area contributed by atoms with Gasteiger partial charge >= 0.3 is 5.97 Å². The number of halogens is 1. The fourth-order valence-electron chi connectivity index (χ4n) is 1.26. The number of carbonyl (C=O) groups is 1. The third kappa shape index (κ3) is 2.67. The van der Waals surface area contributed by atoms with Crippen molar-refractivity contribution in [3.63, 3.8) is 0 Å². The number of aryl methyl sites for hydroxylation is 1. The van der Waals surface area contributed by atoms with Gasteiger partial charge < -0.3 is 5.11 Å². The molecule has 0 saturated carbocycles. The zero-order valence-corrected chi connectivity index (χ0v) is 11.2. The van der Waals surface area contributed by atoms with Crippen LogP contribution in [-0.4, -0.2) is 26.3 Å². The first-order chi connectivity index (χ1) is 8.08. The minimum atomic E-state index is -0.979. The highest BCUT2D eigenvalue weighted by molar-refractivity contribution is 9.10. The Kier molecular flexibility index (Phi) is 3.49. The lowest BCUT2D eigenvalue weighted by Gasteiger charge is -2.04. The molecule has 88 valence electrons. The Morgan fingerprint density at radius 2 is 2.29 bits per heavy atom. The van der Waals surface area contributed by atoms with Gasteiger partial charge in [-0.15, -0.1) is 5.10 Å². The molecule has 17 heavy (non-hydrogen) atoms. The van der Waals surface area contributed by atoms with Gasteiger partial charge in [0.05, 0.1) is 5.56 Å². The molecular weight excluding hydrogens is 306 g/mol. The Morgan fingerprint density at radius 1 is 1.53 bits per heavy atom. The Balaban J connectivity index is 2.39. The van der Waals surface area contributed by atoms with Crippen molar-refractivity contribution in [1.29, 1.82) is 0 Å². The van der Waals surface area contributed by atoms with Crippen LogP contribution in [0.1, 0.15) is 16.2 Å². The summed E-state index contributed by atoms with van der Waals surface area (Å²) < 4.78 is 0.544. The van der Waals surface area contributed by atoms with Crippen LogP contribution in [0.4, 0.5) is 0 Å². The van der Waals surface area contributed by atoms with Crippen LogP contribution in [0.3, 0.4) is 0 Å². The van der Waals surface area contributed by atoms with Gasteiger partial charge in [0.1, 0.15) is 5.82 Å². The number of aromatic nitrogens is 3. The summed E-state index contributed by atoms with van der Waals surface area (Å²) in [5, 5.41) is 16.3. The van der Waals surface area contributed by atoms with E-state index in [1.165, 1.54) is 11.8 Å². The number of H-pyrrole nitrogens is 1. The molecule has 2 aromatic rings. The lowest BCUT2D eigenvalue weighted by molar-refractivity contribution is 0.0692. The van der Waals surface area contributed by atoms with Crippen molar-refractivity contribution in [2.24, 2.45) is 0 Å². The van der Waals surface area contributed by atoms with Crippen LogP contribution in [-0.2, 0) is 0 Å². The molecular formula is C10H8BrN3O2S. The number of hydrogen-bond acceptors (Lipinski definition) is 4. The molecule has 5 nitrogen and oxygen atoms in total. The molecule has 0 saturated heterocycles. The van der Waals surface area contributed by atoms with Crippen molar-refractivity contribution >= 4 is 33.7 Å². The van der Waals surface area contributed by atoms with Gasteiger partial charge in [-0.2, -0.15) is 0 Å². The van der Waals surface area contributed by atoms with Gasteiger partial charge in [-0.25, -0.2) is 9.78 Å². The number of rotatable bonds is 3. The third-order valence-electron chi connectivity index (χ3n) is 1.97. The second-order valence-electron chi connectivity index (χ2n) is 3.22. The van der Waals surface area contributed by atoms with Gasteiger partial charge in [0, 0.05) is 9.37 Å². The summed E-state index contributed by atoms with van der Waals surface area (Å²) in [6, 6.07) is 5.19. The average molecular weight is 314 g/mol. The number of aromatic amines is 1. The topological polar surface area (TPSA) is 78.9 Å². The molecule has 0 atom stereocenters. The molecule has 0 bridgehead atoms. The zero-order valence-electron chi connectivity index (χ0n) is 8.77. The number of nitrogens with one attached hydrogen (secondary N) is 1. The number of carboxylic acids is 1. The van der Waals surface area contributed by atoms with E-state index < -0.39 is 5.97 Å². The van der Waals surface area contributed by atoms with Crippen molar-refractivity contribution in [2.75, 3.05) is 0 Å². The first-order valence-corrected chi connectivity index (χ1v) is 6.27. The summed E-state index contributed by atoms with van der Waals surface area (Å²) in [5.74, 6) is -0.286. The van der Waals surface area contributed by atoms with Crippen LogP contribution < -0.4 is 0 Å². The van der Waals surface area contributed by atoms with Crippen molar-refractivity contribution in [3.8, 4) is 0 Å². The van der Waals surface area contributed by atoms with E-state index in [1.54, 1.807) is 25.1 Å². The molecule has 2 N–H and O–H groups in total. The number of hydrogen-bond donors (Lipinski definition) is 2. The largest absolute Gasteiger partial charge is 0.478 e. The number of carboxylic acid groups (broad SMARTS) is 1. The Hall–Kier alpha value is -1.34. The van der Waals surface area contributed by atoms with Crippen LogP contribution in [0.15, 0.2) is 32.7 Å². The van der Waals surface area contributed by atoms with E-state index in [1.807, 2.05) is 0 Å². The third-order valence-corrected chi connectivity index (χ3v) is 3.55. The van der Waals surface area contributed by atoms with Gasteiger partial charge in [-0.05, 0) is 46.7 Å². The SMILES string of the molecule is Cc1nc(Sc2cccc(Br)c2C(=O)O)n[nH]1. The van der Waals surface area contributed by atoms with Gasteiger partial charge in [0.25, 0.3) is 0 Å². The molecule has 0 fully saturated rings. The first kappa shape index (κ1) is 12.1. The second-order valence-corrected chi connectivity index (χ2v) is 5.09. The Bertz CT molecular complexity index is 570. The first-order valence-electron chi connectivity index (χ1n) is 4.66. The fourth-order valence-corrected chi connectivity index (χ4v) is 2.85. The molecule has 0 aliphatic carbocycles. The maximum absolute atomic E-state index is 11.1. The average Bonchev–Trinajstić information content (AvgIpc) is 2.63. The van der Waals surface area contributed by atoms with E-state index in [9.17, 15) is 4.79 Å². The van der Waals surface area contributed by atoms with Crippen LogP contribution in [0.5, 0.6) is 0 Å². The molecule has 2 rings (SSSR count). The molecule has 1 aromatic carbocycles. The number of nitrogens with zero attached hydrogens (tertiary/aromatic N) is 2. The highest BCUT2D eigenvalue weighted by Crippen LogP contribution is 2.32. The van der Waals surface area contributed by atoms with E-state index in [0.29, 0.717) is 20.3 Å². The number of benzene rings is 1. The summed E-state index contributed by atoms with van der Waals surface area (Å²) >= 11 is 4.44.